The van der Waals surface area contributed by atoms with E-state index in [9.17, 15) is 0 Å². The van der Waals surface area contributed by atoms with Crippen LogP contribution in [0, 0.1) is 0 Å². The van der Waals surface area contributed by atoms with Crippen LogP contribution in [0.5, 0.6) is 0 Å². The Morgan fingerprint density at radius 3 is 2.88 bits per heavy atom. The predicted molar refractivity (Wildman–Crippen MR) is 96.1 cm³/mol. The number of hydrogen-bond donors (Lipinski definition) is 0. The lowest BCUT2D eigenvalue weighted by molar-refractivity contribution is -0.0451. The van der Waals surface area contributed by atoms with Crippen molar-refractivity contribution < 1.29 is 9.15 Å². The summed E-state index contributed by atoms with van der Waals surface area (Å²) in [6.07, 6.45) is 5.21. The van der Waals surface area contributed by atoms with Crippen molar-refractivity contribution in [1.82, 2.24) is 9.80 Å². The molecule has 2 aromatic heterocycles. The maximum Gasteiger partial charge on any atom is 0.117 e. The van der Waals surface area contributed by atoms with E-state index < -0.39 is 0 Å². The number of hydrogen-bond acceptors (Lipinski definition) is 5. The van der Waals surface area contributed by atoms with Gasteiger partial charge in [-0.2, -0.15) is 0 Å². The van der Waals surface area contributed by atoms with Crippen molar-refractivity contribution in [2.24, 2.45) is 0 Å². The standard InChI is InChI=1S/C19H26N2O2S/c1-20(13-17-4-2-10-22-17)16-12-19(23-15-16)6-8-21(9-7-19)14-18-5-3-11-24-18/h2-5,10-11,16H,6-9,12-15H2,1H3/t16-/m0/s1. The molecule has 2 aliphatic rings. The molecule has 24 heavy (non-hydrogen) atoms. The van der Waals surface area contributed by atoms with Crippen LogP contribution in [0.1, 0.15) is 29.9 Å². The monoisotopic (exact) mass is 346 g/mol. The number of likely N-dealkylation sites (tertiary alicyclic amines) is 1. The highest BCUT2D eigenvalue weighted by Gasteiger charge is 2.43. The van der Waals surface area contributed by atoms with Gasteiger partial charge in [0.25, 0.3) is 0 Å². The Morgan fingerprint density at radius 2 is 2.17 bits per heavy atom. The van der Waals surface area contributed by atoms with Gasteiger partial charge in [0, 0.05) is 30.6 Å². The number of likely N-dealkylation sites (N-methyl/N-ethyl adjacent to an activating group) is 1. The molecule has 1 spiro atoms. The third-order valence-corrected chi connectivity index (χ3v) is 6.39. The van der Waals surface area contributed by atoms with Gasteiger partial charge in [-0.25, -0.2) is 0 Å². The molecule has 0 aromatic carbocycles. The van der Waals surface area contributed by atoms with Crippen LogP contribution in [0.25, 0.3) is 0 Å². The van der Waals surface area contributed by atoms with Crippen molar-refractivity contribution in [3.05, 3.63) is 46.5 Å². The highest BCUT2D eigenvalue weighted by molar-refractivity contribution is 7.09. The summed E-state index contributed by atoms with van der Waals surface area (Å²) in [5.74, 6) is 1.03. The summed E-state index contributed by atoms with van der Waals surface area (Å²) >= 11 is 1.86. The van der Waals surface area contributed by atoms with E-state index >= 15 is 0 Å². The first-order valence-corrected chi connectivity index (χ1v) is 9.72. The molecule has 1 atom stereocenters. The van der Waals surface area contributed by atoms with Gasteiger partial charge in [-0.15, -0.1) is 11.3 Å². The van der Waals surface area contributed by atoms with Crippen LogP contribution in [-0.2, 0) is 17.8 Å². The lowest BCUT2D eigenvalue weighted by atomic mass is 9.87. The third kappa shape index (κ3) is 3.59. The van der Waals surface area contributed by atoms with Gasteiger partial charge in [-0.3, -0.25) is 9.80 Å². The first kappa shape index (κ1) is 16.3. The van der Waals surface area contributed by atoms with E-state index in [2.05, 4.69) is 34.4 Å². The number of rotatable bonds is 5. The summed E-state index contributed by atoms with van der Waals surface area (Å²) in [7, 11) is 2.18. The lowest BCUT2D eigenvalue weighted by Gasteiger charge is -2.38. The number of thiophene rings is 1. The van der Waals surface area contributed by atoms with Crippen LogP contribution in [0.2, 0.25) is 0 Å². The molecule has 4 heterocycles. The molecule has 4 rings (SSSR count). The number of ether oxygens (including phenoxy) is 1. The normalized spacial score (nSPS) is 24.2. The molecule has 2 fully saturated rings. The molecule has 4 nitrogen and oxygen atoms in total. The zero-order valence-corrected chi connectivity index (χ0v) is 15.1. The lowest BCUT2D eigenvalue weighted by Crippen LogP contribution is -2.44. The molecule has 2 aromatic rings. The average molecular weight is 346 g/mol. The maximum atomic E-state index is 6.32. The summed E-state index contributed by atoms with van der Waals surface area (Å²) < 4.78 is 11.8. The van der Waals surface area contributed by atoms with Gasteiger partial charge in [0.05, 0.1) is 25.0 Å². The van der Waals surface area contributed by atoms with E-state index in [1.54, 1.807) is 6.26 Å². The van der Waals surface area contributed by atoms with Crippen LogP contribution in [-0.4, -0.2) is 48.2 Å². The summed E-state index contributed by atoms with van der Waals surface area (Å²) in [5.41, 5.74) is 0.105. The summed E-state index contributed by atoms with van der Waals surface area (Å²) in [4.78, 5) is 6.42. The van der Waals surface area contributed by atoms with Crippen molar-refractivity contribution in [2.75, 3.05) is 26.7 Å². The minimum absolute atomic E-state index is 0.105. The molecule has 0 radical (unpaired) electrons. The minimum atomic E-state index is 0.105. The Hall–Kier alpha value is -1.14. The molecule has 0 N–H and O–H groups in total. The molecule has 0 amide bonds. The Kier molecular flexibility index (Phi) is 4.77. The fourth-order valence-corrected chi connectivity index (χ4v) is 4.72. The van der Waals surface area contributed by atoms with Crippen molar-refractivity contribution in [3.8, 4) is 0 Å². The smallest absolute Gasteiger partial charge is 0.117 e. The zero-order chi connectivity index (χ0) is 16.4. The molecule has 2 saturated heterocycles. The Bertz CT molecular complexity index is 618. The highest BCUT2D eigenvalue weighted by Crippen LogP contribution is 2.38. The summed E-state index contributed by atoms with van der Waals surface area (Å²) in [6, 6.07) is 8.88. The fraction of sp³-hybridized carbons (Fsp3) is 0.579. The summed E-state index contributed by atoms with van der Waals surface area (Å²) in [6.45, 7) is 5.10. The molecule has 130 valence electrons. The van der Waals surface area contributed by atoms with Crippen LogP contribution < -0.4 is 0 Å². The third-order valence-electron chi connectivity index (χ3n) is 5.53. The Labute approximate surface area is 148 Å². The van der Waals surface area contributed by atoms with Gasteiger partial charge >= 0.3 is 0 Å². The first-order valence-electron chi connectivity index (χ1n) is 8.84. The minimum Gasteiger partial charge on any atom is -0.468 e. The Balaban J connectivity index is 1.28. The second-order valence-electron chi connectivity index (χ2n) is 7.20. The van der Waals surface area contributed by atoms with Gasteiger partial charge in [0.2, 0.25) is 0 Å². The molecular formula is C19H26N2O2S. The number of furan rings is 1. The van der Waals surface area contributed by atoms with Gasteiger partial charge in [0.1, 0.15) is 5.76 Å². The molecule has 0 saturated carbocycles. The van der Waals surface area contributed by atoms with E-state index in [1.807, 2.05) is 23.5 Å². The van der Waals surface area contributed by atoms with Crippen molar-refractivity contribution in [1.29, 1.82) is 0 Å². The van der Waals surface area contributed by atoms with Crippen molar-refractivity contribution >= 4 is 11.3 Å². The molecule has 5 heteroatoms. The molecule has 0 aliphatic carbocycles. The van der Waals surface area contributed by atoms with E-state index in [-0.39, 0.29) is 5.60 Å². The van der Waals surface area contributed by atoms with Gasteiger partial charge in [0.15, 0.2) is 0 Å². The SMILES string of the molecule is CN(Cc1ccco1)[C@@H]1COC2(CCN(Cc3cccs3)CC2)C1. The molecule has 2 aliphatic heterocycles. The average Bonchev–Trinajstić information content (AvgIpc) is 3.33. The van der Waals surface area contributed by atoms with E-state index in [4.69, 9.17) is 9.15 Å². The highest BCUT2D eigenvalue weighted by atomic mass is 32.1. The molecule has 0 bridgehead atoms. The number of piperidine rings is 1. The van der Waals surface area contributed by atoms with Crippen molar-refractivity contribution in [3.63, 3.8) is 0 Å². The van der Waals surface area contributed by atoms with Gasteiger partial charge in [-0.05, 0) is 49.9 Å². The van der Waals surface area contributed by atoms with Crippen LogP contribution in [0.15, 0.2) is 40.3 Å². The largest absolute Gasteiger partial charge is 0.468 e. The fourth-order valence-electron chi connectivity index (χ4n) is 3.97. The van der Waals surface area contributed by atoms with E-state index in [1.165, 1.54) is 4.88 Å². The van der Waals surface area contributed by atoms with Gasteiger partial charge < -0.3 is 9.15 Å². The topological polar surface area (TPSA) is 28.9 Å². The quantitative estimate of drug-likeness (QED) is 0.827. The summed E-state index contributed by atoms with van der Waals surface area (Å²) in [5, 5.41) is 2.17. The maximum absolute atomic E-state index is 6.32. The number of nitrogens with zero attached hydrogens (tertiary/aromatic N) is 2. The van der Waals surface area contributed by atoms with E-state index in [0.717, 1.165) is 57.8 Å². The van der Waals surface area contributed by atoms with Crippen LogP contribution >= 0.6 is 11.3 Å². The molecular weight excluding hydrogens is 320 g/mol. The second kappa shape index (κ2) is 7.00. The first-order chi connectivity index (χ1) is 11.7. The Morgan fingerprint density at radius 1 is 1.29 bits per heavy atom. The predicted octanol–water partition coefficient (Wildman–Crippen LogP) is 3.60. The molecule has 0 unspecified atom stereocenters. The zero-order valence-electron chi connectivity index (χ0n) is 14.3. The van der Waals surface area contributed by atoms with Crippen LogP contribution in [0.3, 0.4) is 0 Å². The van der Waals surface area contributed by atoms with Crippen molar-refractivity contribution in [2.45, 2.75) is 44.0 Å². The van der Waals surface area contributed by atoms with E-state index in [0.29, 0.717) is 6.04 Å². The van der Waals surface area contributed by atoms with Gasteiger partial charge in [-0.1, -0.05) is 6.07 Å². The van der Waals surface area contributed by atoms with Crippen LogP contribution in [0.4, 0.5) is 0 Å². The second-order valence-corrected chi connectivity index (χ2v) is 8.23.